The van der Waals surface area contributed by atoms with Crippen molar-refractivity contribution in [2.75, 3.05) is 28.7 Å². The SMILES string of the molecule is COc1ccc(NC(C)=O)cc1S(=O)(=O)Nc1cccc(C(=O)N[C@@H]2CCS(=O)(=O)C2)c1. The number of hydrogen-bond acceptors (Lipinski definition) is 7. The molecule has 1 fully saturated rings. The van der Waals surface area contributed by atoms with Crippen molar-refractivity contribution in [3.63, 3.8) is 0 Å². The summed E-state index contributed by atoms with van der Waals surface area (Å²) in [6.45, 7) is 1.30. The van der Waals surface area contributed by atoms with Crippen LogP contribution >= 0.6 is 0 Å². The number of anilines is 2. The molecule has 10 nitrogen and oxygen atoms in total. The summed E-state index contributed by atoms with van der Waals surface area (Å²) in [6, 6.07) is 9.52. The van der Waals surface area contributed by atoms with Crippen molar-refractivity contribution in [1.29, 1.82) is 0 Å². The van der Waals surface area contributed by atoms with Gasteiger partial charge in [0.2, 0.25) is 5.91 Å². The first-order chi connectivity index (χ1) is 15.0. The smallest absolute Gasteiger partial charge is 0.265 e. The molecule has 0 bridgehead atoms. The maximum Gasteiger partial charge on any atom is 0.265 e. The number of amides is 2. The monoisotopic (exact) mass is 481 g/mol. The second kappa shape index (κ2) is 9.17. The van der Waals surface area contributed by atoms with Crippen LogP contribution in [0.5, 0.6) is 5.75 Å². The second-order valence-corrected chi connectivity index (χ2v) is 11.2. The molecule has 1 heterocycles. The molecule has 12 heteroatoms. The van der Waals surface area contributed by atoms with E-state index in [1.54, 1.807) is 0 Å². The number of methoxy groups -OCH3 is 1. The van der Waals surface area contributed by atoms with Crippen LogP contribution < -0.4 is 20.1 Å². The fourth-order valence-corrected chi connectivity index (χ4v) is 6.20. The summed E-state index contributed by atoms with van der Waals surface area (Å²) in [4.78, 5) is 23.6. The Labute approximate surface area is 186 Å². The van der Waals surface area contributed by atoms with Gasteiger partial charge in [-0.05, 0) is 42.8 Å². The van der Waals surface area contributed by atoms with Gasteiger partial charge >= 0.3 is 0 Å². The normalized spacial score (nSPS) is 17.4. The molecule has 1 aliphatic rings. The van der Waals surface area contributed by atoms with E-state index in [2.05, 4.69) is 15.4 Å². The van der Waals surface area contributed by atoms with Crippen molar-refractivity contribution < 1.29 is 31.2 Å². The van der Waals surface area contributed by atoms with E-state index in [0.717, 1.165) is 0 Å². The van der Waals surface area contributed by atoms with Gasteiger partial charge in [-0.15, -0.1) is 0 Å². The molecule has 0 aliphatic carbocycles. The Morgan fingerprint density at radius 2 is 1.84 bits per heavy atom. The standard InChI is InChI=1S/C20H23N3O7S2/c1-13(24)21-15-6-7-18(30-2)19(11-15)32(28,29)23-16-5-3-4-14(10-16)20(25)22-17-8-9-31(26,27)12-17/h3-7,10-11,17,23H,8-9,12H2,1-2H3,(H,21,24)(H,22,25)/t17-/m1/s1. The summed E-state index contributed by atoms with van der Waals surface area (Å²) < 4.78 is 56.6. The van der Waals surface area contributed by atoms with E-state index in [1.165, 1.54) is 56.5 Å². The van der Waals surface area contributed by atoms with E-state index < -0.39 is 31.8 Å². The largest absolute Gasteiger partial charge is 0.495 e. The summed E-state index contributed by atoms with van der Waals surface area (Å²) in [5, 5.41) is 5.17. The summed E-state index contributed by atoms with van der Waals surface area (Å²) in [5.74, 6) is -0.881. The lowest BCUT2D eigenvalue weighted by atomic mass is 10.1. The predicted molar refractivity (Wildman–Crippen MR) is 119 cm³/mol. The van der Waals surface area contributed by atoms with Crippen LogP contribution in [-0.2, 0) is 24.7 Å². The Hall–Kier alpha value is -3.12. The fourth-order valence-electron chi connectivity index (χ4n) is 3.28. The molecule has 2 aromatic carbocycles. The Kier molecular flexibility index (Phi) is 6.74. The first kappa shape index (κ1) is 23.5. The van der Waals surface area contributed by atoms with Gasteiger partial charge in [-0.25, -0.2) is 16.8 Å². The van der Waals surface area contributed by atoms with Crippen LogP contribution in [0.3, 0.4) is 0 Å². The number of carbonyl (C=O) groups excluding carboxylic acids is 2. The first-order valence-corrected chi connectivity index (χ1v) is 12.9. The van der Waals surface area contributed by atoms with Crippen LogP contribution in [0.25, 0.3) is 0 Å². The van der Waals surface area contributed by atoms with Gasteiger partial charge in [-0.2, -0.15) is 0 Å². The van der Waals surface area contributed by atoms with Crippen LogP contribution in [0.1, 0.15) is 23.7 Å². The predicted octanol–water partition coefficient (Wildman–Crippen LogP) is 1.37. The van der Waals surface area contributed by atoms with Gasteiger partial charge in [0.05, 0.1) is 18.6 Å². The fraction of sp³-hybridized carbons (Fsp3) is 0.300. The molecule has 32 heavy (non-hydrogen) atoms. The van der Waals surface area contributed by atoms with Crippen molar-refractivity contribution in [1.82, 2.24) is 5.32 Å². The summed E-state index contributed by atoms with van der Waals surface area (Å²) in [6.07, 6.45) is 0.338. The lowest BCUT2D eigenvalue weighted by molar-refractivity contribution is -0.114. The van der Waals surface area contributed by atoms with Gasteiger partial charge in [-0.1, -0.05) is 6.07 Å². The first-order valence-electron chi connectivity index (χ1n) is 9.59. The number of sulfonamides is 1. The molecule has 3 rings (SSSR count). The van der Waals surface area contributed by atoms with Crippen molar-refractivity contribution >= 4 is 43.0 Å². The number of ether oxygens (including phenoxy) is 1. The van der Waals surface area contributed by atoms with E-state index >= 15 is 0 Å². The topological polar surface area (TPSA) is 148 Å². The highest BCUT2D eigenvalue weighted by Gasteiger charge is 2.29. The molecule has 2 amide bonds. The molecule has 3 N–H and O–H groups in total. The summed E-state index contributed by atoms with van der Waals surface area (Å²) in [7, 11) is -5.96. The maximum absolute atomic E-state index is 13.0. The third-order valence-corrected chi connectivity index (χ3v) is 7.89. The number of benzene rings is 2. The Bertz CT molecular complexity index is 1260. The zero-order valence-electron chi connectivity index (χ0n) is 17.4. The molecule has 0 saturated carbocycles. The summed E-state index contributed by atoms with van der Waals surface area (Å²) >= 11 is 0. The molecule has 0 radical (unpaired) electrons. The molecule has 1 aliphatic heterocycles. The van der Waals surface area contributed by atoms with Crippen LogP contribution in [0, 0.1) is 0 Å². The van der Waals surface area contributed by atoms with Crippen LogP contribution in [0.4, 0.5) is 11.4 Å². The number of rotatable bonds is 7. The van der Waals surface area contributed by atoms with Gasteiger partial charge in [-0.3, -0.25) is 14.3 Å². The lowest BCUT2D eigenvalue weighted by Gasteiger charge is -2.14. The van der Waals surface area contributed by atoms with E-state index in [4.69, 9.17) is 4.74 Å². The Morgan fingerprint density at radius 3 is 2.47 bits per heavy atom. The minimum Gasteiger partial charge on any atom is -0.495 e. The van der Waals surface area contributed by atoms with Gasteiger partial charge in [0.15, 0.2) is 9.84 Å². The molecule has 0 aromatic heterocycles. The highest BCUT2D eigenvalue weighted by Crippen LogP contribution is 2.29. The van der Waals surface area contributed by atoms with Crippen molar-refractivity contribution in [3.8, 4) is 5.75 Å². The average molecular weight is 482 g/mol. The summed E-state index contributed by atoms with van der Waals surface area (Å²) in [5.41, 5.74) is 0.579. The van der Waals surface area contributed by atoms with Crippen molar-refractivity contribution in [2.24, 2.45) is 0 Å². The zero-order chi connectivity index (χ0) is 23.5. The van der Waals surface area contributed by atoms with Crippen LogP contribution in [-0.4, -0.2) is 53.3 Å². The van der Waals surface area contributed by atoms with Crippen molar-refractivity contribution in [3.05, 3.63) is 48.0 Å². The van der Waals surface area contributed by atoms with E-state index in [0.29, 0.717) is 6.42 Å². The number of nitrogens with one attached hydrogen (secondary N) is 3. The minimum atomic E-state index is -4.13. The molecule has 1 saturated heterocycles. The van der Waals surface area contributed by atoms with E-state index in [-0.39, 0.29) is 45.0 Å². The number of sulfone groups is 1. The van der Waals surface area contributed by atoms with Crippen LogP contribution in [0.15, 0.2) is 47.4 Å². The Balaban J connectivity index is 1.81. The van der Waals surface area contributed by atoms with Gasteiger partial charge < -0.3 is 15.4 Å². The van der Waals surface area contributed by atoms with Gasteiger partial charge in [0.1, 0.15) is 10.6 Å². The highest BCUT2D eigenvalue weighted by molar-refractivity contribution is 7.93. The molecule has 172 valence electrons. The molecular formula is C20H23N3O7S2. The zero-order valence-corrected chi connectivity index (χ0v) is 19.0. The quantitative estimate of drug-likeness (QED) is 0.541. The molecule has 0 unspecified atom stereocenters. The molecule has 1 atom stereocenters. The van der Waals surface area contributed by atoms with E-state index in [9.17, 15) is 26.4 Å². The highest BCUT2D eigenvalue weighted by atomic mass is 32.2. The lowest BCUT2D eigenvalue weighted by Crippen LogP contribution is -2.35. The van der Waals surface area contributed by atoms with Crippen LogP contribution in [0.2, 0.25) is 0 Å². The third kappa shape index (κ3) is 5.77. The average Bonchev–Trinajstić information content (AvgIpc) is 3.05. The number of carbonyl (C=O) groups is 2. The second-order valence-electron chi connectivity index (χ2n) is 7.31. The molecule has 2 aromatic rings. The third-order valence-electron chi connectivity index (χ3n) is 4.72. The molecular weight excluding hydrogens is 458 g/mol. The molecule has 0 spiro atoms. The van der Waals surface area contributed by atoms with Gasteiger partial charge in [0, 0.05) is 29.9 Å². The van der Waals surface area contributed by atoms with E-state index in [1.807, 2.05) is 0 Å². The number of hydrogen-bond donors (Lipinski definition) is 3. The van der Waals surface area contributed by atoms with Crippen molar-refractivity contribution in [2.45, 2.75) is 24.3 Å². The minimum absolute atomic E-state index is 0.0250. The van der Waals surface area contributed by atoms with Gasteiger partial charge in [0.25, 0.3) is 15.9 Å². The maximum atomic E-state index is 13.0. The Morgan fingerprint density at radius 1 is 1.09 bits per heavy atom.